The standard InChI is InChI=1S/C20H20ClN3O3/c21-17-9-5-4-8-16(17)20(27)23-11-10-22-19(26)14-12-18(25)24(13-14)15-6-2-1-3-7-15/h1-9,14H,10-13H2,(H,22,26)(H,23,27)/t14-/m0/s1. The number of nitrogens with zero attached hydrogens (tertiary/aromatic N) is 1. The number of nitrogens with one attached hydrogen (secondary N) is 2. The number of hydrogen-bond acceptors (Lipinski definition) is 3. The third-order valence-electron chi connectivity index (χ3n) is 4.39. The molecule has 0 spiro atoms. The summed E-state index contributed by atoms with van der Waals surface area (Å²) in [6.45, 7) is 0.921. The van der Waals surface area contributed by atoms with Crippen LogP contribution in [0, 0.1) is 5.92 Å². The number of carbonyl (C=O) groups is 3. The van der Waals surface area contributed by atoms with Crippen LogP contribution in [0.5, 0.6) is 0 Å². The van der Waals surface area contributed by atoms with Gasteiger partial charge in [0.05, 0.1) is 16.5 Å². The molecule has 7 heteroatoms. The molecule has 1 aliphatic rings. The number of amides is 3. The van der Waals surface area contributed by atoms with Crippen LogP contribution in [0.2, 0.25) is 5.02 Å². The lowest BCUT2D eigenvalue weighted by molar-refractivity contribution is -0.126. The van der Waals surface area contributed by atoms with Gasteiger partial charge in [-0.15, -0.1) is 0 Å². The molecule has 1 saturated heterocycles. The van der Waals surface area contributed by atoms with Gasteiger partial charge in [0.25, 0.3) is 5.91 Å². The molecule has 140 valence electrons. The molecule has 1 fully saturated rings. The Morgan fingerprint density at radius 2 is 1.67 bits per heavy atom. The highest BCUT2D eigenvalue weighted by molar-refractivity contribution is 6.33. The first-order valence-electron chi connectivity index (χ1n) is 8.72. The van der Waals surface area contributed by atoms with Crippen LogP contribution in [-0.4, -0.2) is 37.4 Å². The topological polar surface area (TPSA) is 78.5 Å². The van der Waals surface area contributed by atoms with E-state index in [1.165, 1.54) is 0 Å². The van der Waals surface area contributed by atoms with Crippen LogP contribution in [0.4, 0.5) is 5.69 Å². The van der Waals surface area contributed by atoms with E-state index in [0.717, 1.165) is 5.69 Å². The third-order valence-corrected chi connectivity index (χ3v) is 4.72. The Kier molecular flexibility index (Phi) is 6.08. The Morgan fingerprint density at radius 1 is 1.00 bits per heavy atom. The highest BCUT2D eigenvalue weighted by Crippen LogP contribution is 2.24. The fraction of sp³-hybridized carbons (Fsp3) is 0.250. The van der Waals surface area contributed by atoms with Crippen LogP contribution in [0.25, 0.3) is 0 Å². The summed E-state index contributed by atoms with van der Waals surface area (Å²) in [5.74, 6) is -0.930. The van der Waals surface area contributed by atoms with Crippen LogP contribution < -0.4 is 15.5 Å². The predicted molar refractivity (Wildman–Crippen MR) is 104 cm³/mol. The van der Waals surface area contributed by atoms with Crippen molar-refractivity contribution in [2.45, 2.75) is 6.42 Å². The van der Waals surface area contributed by atoms with Crippen molar-refractivity contribution in [1.82, 2.24) is 10.6 Å². The number of para-hydroxylation sites is 1. The molecule has 0 radical (unpaired) electrons. The molecule has 1 heterocycles. The average molecular weight is 386 g/mol. The van der Waals surface area contributed by atoms with Gasteiger partial charge in [-0.25, -0.2) is 0 Å². The van der Waals surface area contributed by atoms with E-state index in [0.29, 0.717) is 17.1 Å². The summed E-state index contributed by atoms with van der Waals surface area (Å²) in [6, 6.07) is 16.1. The summed E-state index contributed by atoms with van der Waals surface area (Å²) in [5.41, 5.74) is 1.19. The largest absolute Gasteiger partial charge is 0.354 e. The van der Waals surface area contributed by atoms with Crippen molar-refractivity contribution in [3.05, 3.63) is 65.2 Å². The molecular formula is C20H20ClN3O3. The van der Waals surface area contributed by atoms with E-state index in [4.69, 9.17) is 11.6 Å². The Labute approximate surface area is 162 Å². The van der Waals surface area contributed by atoms with E-state index in [1.54, 1.807) is 29.2 Å². The maximum Gasteiger partial charge on any atom is 0.252 e. The maximum absolute atomic E-state index is 12.3. The molecule has 3 rings (SSSR count). The number of carbonyl (C=O) groups excluding carboxylic acids is 3. The van der Waals surface area contributed by atoms with Crippen LogP contribution in [-0.2, 0) is 9.59 Å². The van der Waals surface area contributed by atoms with Gasteiger partial charge in [-0.05, 0) is 24.3 Å². The van der Waals surface area contributed by atoms with Crippen molar-refractivity contribution in [3.8, 4) is 0 Å². The molecule has 2 aromatic carbocycles. The first-order valence-corrected chi connectivity index (χ1v) is 9.10. The highest BCUT2D eigenvalue weighted by atomic mass is 35.5. The Hall–Kier alpha value is -2.86. The number of halogens is 1. The van der Waals surface area contributed by atoms with Gasteiger partial charge in [0.2, 0.25) is 11.8 Å². The second kappa shape index (κ2) is 8.68. The van der Waals surface area contributed by atoms with Crippen molar-refractivity contribution in [3.63, 3.8) is 0 Å². The highest BCUT2D eigenvalue weighted by Gasteiger charge is 2.34. The quantitative estimate of drug-likeness (QED) is 0.748. The minimum Gasteiger partial charge on any atom is -0.354 e. The first kappa shape index (κ1) is 18.9. The van der Waals surface area contributed by atoms with Crippen LogP contribution >= 0.6 is 11.6 Å². The zero-order valence-electron chi connectivity index (χ0n) is 14.7. The lowest BCUT2D eigenvalue weighted by Gasteiger charge is -2.16. The van der Waals surface area contributed by atoms with Gasteiger partial charge in [-0.1, -0.05) is 41.9 Å². The summed E-state index contributed by atoms with van der Waals surface area (Å²) in [6.07, 6.45) is 0.187. The van der Waals surface area contributed by atoms with Gasteiger partial charge in [0, 0.05) is 31.7 Å². The molecule has 0 saturated carbocycles. The summed E-state index contributed by atoms with van der Waals surface area (Å²) >= 11 is 5.98. The molecule has 1 aliphatic heterocycles. The molecule has 3 amide bonds. The maximum atomic E-state index is 12.3. The van der Waals surface area contributed by atoms with E-state index in [9.17, 15) is 14.4 Å². The minimum atomic E-state index is -0.392. The van der Waals surface area contributed by atoms with Gasteiger partial charge >= 0.3 is 0 Å². The van der Waals surface area contributed by atoms with Gasteiger partial charge in [0.15, 0.2) is 0 Å². The Morgan fingerprint density at radius 3 is 2.41 bits per heavy atom. The minimum absolute atomic E-state index is 0.0617. The van der Waals surface area contributed by atoms with Crippen LogP contribution in [0.1, 0.15) is 16.8 Å². The average Bonchev–Trinajstić information content (AvgIpc) is 3.08. The lowest BCUT2D eigenvalue weighted by Crippen LogP contribution is -2.38. The molecule has 0 aromatic heterocycles. The van der Waals surface area contributed by atoms with E-state index >= 15 is 0 Å². The van der Waals surface area contributed by atoms with Crippen molar-refractivity contribution in [2.24, 2.45) is 5.92 Å². The summed E-state index contributed by atoms with van der Waals surface area (Å²) in [7, 11) is 0. The third kappa shape index (κ3) is 4.65. The molecule has 2 N–H and O–H groups in total. The van der Waals surface area contributed by atoms with E-state index < -0.39 is 5.92 Å². The van der Waals surface area contributed by atoms with E-state index in [2.05, 4.69) is 10.6 Å². The van der Waals surface area contributed by atoms with E-state index in [1.807, 2.05) is 30.3 Å². The van der Waals surface area contributed by atoms with Crippen molar-refractivity contribution < 1.29 is 14.4 Å². The van der Waals surface area contributed by atoms with Crippen molar-refractivity contribution in [2.75, 3.05) is 24.5 Å². The number of anilines is 1. The molecule has 27 heavy (non-hydrogen) atoms. The van der Waals surface area contributed by atoms with Gasteiger partial charge < -0.3 is 15.5 Å². The zero-order valence-corrected chi connectivity index (χ0v) is 15.4. The van der Waals surface area contributed by atoms with Crippen LogP contribution in [0.3, 0.4) is 0 Å². The van der Waals surface area contributed by atoms with Crippen molar-refractivity contribution in [1.29, 1.82) is 0 Å². The second-order valence-corrected chi connectivity index (χ2v) is 6.67. The fourth-order valence-electron chi connectivity index (χ4n) is 2.99. The molecule has 2 aromatic rings. The Bertz CT molecular complexity index is 841. The molecule has 6 nitrogen and oxygen atoms in total. The number of rotatable bonds is 6. The Balaban J connectivity index is 1.44. The zero-order chi connectivity index (χ0) is 19.2. The molecular weight excluding hydrogens is 366 g/mol. The first-order chi connectivity index (χ1) is 13.1. The molecule has 0 bridgehead atoms. The van der Waals surface area contributed by atoms with E-state index in [-0.39, 0.29) is 37.2 Å². The van der Waals surface area contributed by atoms with Gasteiger partial charge in [-0.2, -0.15) is 0 Å². The molecule has 0 unspecified atom stereocenters. The normalized spacial score (nSPS) is 16.3. The van der Waals surface area contributed by atoms with Crippen molar-refractivity contribution >= 4 is 35.0 Å². The number of benzene rings is 2. The summed E-state index contributed by atoms with van der Waals surface area (Å²) in [4.78, 5) is 38.2. The van der Waals surface area contributed by atoms with Crippen LogP contribution in [0.15, 0.2) is 54.6 Å². The summed E-state index contributed by atoms with van der Waals surface area (Å²) in [5, 5.41) is 5.87. The monoisotopic (exact) mass is 385 g/mol. The summed E-state index contributed by atoms with van der Waals surface area (Å²) < 4.78 is 0. The molecule has 0 aliphatic carbocycles. The number of hydrogen-bond donors (Lipinski definition) is 2. The lowest BCUT2D eigenvalue weighted by atomic mass is 10.1. The second-order valence-electron chi connectivity index (χ2n) is 6.27. The fourth-order valence-corrected chi connectivity index (χ4v) is 3.21. The predicted octanol–water partition coefficient (Wildman–Crippen LogP) is 2.24. The molecule has 1 atom stereocenters. The smallest absolute Gasteiger partial charge is 0.252 e. The van der Waals surface area contributed by atoms with Gasteiger partial charge in [-0.3, -0.25) is 14.4 Å². The SMILES string of the molecule is O=C(NCCNC(=O)[C@H]1CC(=O)N(c2ccccc2)C1)c1ccccc1Cl. The van der Waals surface area contributed by atoms with Gasteiger partial charge in [0.1, 0.15) is 0 Å².